The van der Waals surface area contributed by atoms with E-state index in [9.17, 15) is 4.79 Å². The monoisotopic (exact) mass is 297 g/mol. The Morgan fingerprint density at radius 3 is 2.94 bits per heavy atom. The van der Waals surface area contributed by atoms with Gasteiger partial charge in [0, 0.05) is 4.47 Å². The molecule has 1 saturated heterocycles. The van der Waals surface area contributed by atoms with Crippen LogP contribution in [0.3, 0.4) is 0 Å². The van der Waals surface area contributed by atoms with Crippen LogP contribution in [0, 0.1) is 5.92 Å². The van der Waals surface area contributed by atoms with Gasteiger partial charge in [0.05, 0.1) is 5.56 Å². The Bertz CT molecular complexity index is 414. The number of carbonyl (C=O) groups is 1. The second kappa shape index (κ2) is 5.65. The Balaban J connectivity index is 2.08. The molecule has 0 amide bonds. The normalized spacial score (nSPS) is 20.2. The minimum Gasteiger partial charge on any atom is -0.478 e. The topological polar surface area (TPSA) is 49.3 Å². The SMILES string of the molecule is O=C(O)c1ccc(CC2CCCNC2)c(Br)c1. The molecular formula is C13H16BrNO2. The first-order valence-corrected chi connectivity index (χ1v) is 6.68. The molecule has 1 aliphatic rings. The fourth-order valence-corrected chi connectivity index (χ4v) is 2.80. The zero-order chi connectivity index (χ0) is 12.3. The highest BCUT2D eigenvalue weighted by Gasteiger charge is 2.15. The van der Waals surface area contributed by atoms with Crippen molar-refractivity contribution in [3.05, 3.63) is 33.8 Å². The molecule has 1 heterocycles. The lowest BCUT2D eigenvalue weighted by molar-refractivity contribution is 0.0697. The Labute approximate surface area is 109 Å². The van der Waals surface area contributed by atoms with Crippen LogP contribution in [0.15, 0.2) is 22.7 Å². The van der Waals surface area contributed by atoms with E-state index in [4.69, 9.17) is 5.11 Å². The average Bonchev–Trinajstić information content (AvgIpc) is 2.33. The molecule has 1 aromatic rings. The van der Waals surface area contributed by atoms with Gasteiger partial charge >= 0.3 is 5.97 Å². The summed E-state index contributed by atoms with van der Waals surface area (Å²) in [5, 5.41) is 12.3. The van der Waals surface area contributed by atoms with Crippen molar-refractivity contribution >= 4 is 21.9 Å². The maximum atomic E-state index is 10.8. The third kappa shape index (κ3) is 3.30. The number of nitrogens with one attached hydrogen (secondary N) is 1. The summed E-state index contributed by atoms with van der Waals surface area (Å²) < 4.78 is 0.906. The predicted octanol–water partition coefficient (Wildman–Crippen LogP) is 2.69. The second-order valence-electron chi connectivity index (χ2n) is 4.53. The number of hydrogen-bond donors (Lipinski definition) is 2. The summed E-state index contributed by atoms with van der Waals surface area (Å²) in [6, 6.07) is 5.29. The van der Waals surface area contributed by atoms with E-state index in [-0.39, 0.29) is 0 Å². The molecule has 2 rings (SSSR count). The van der Waals surface area contributed by atoms with Gasteiger partial charge in [0.15, 0.2) is 0 Å². The molecule has 0 spiro atoms. The Morgan fingerprint density at radius 1 is 1.53 bits per heavy atom. The van der Waals surface area contributed by atoms with Gasteiger partial charge in [-0.05, 0) is 56.0 Å². The summed E-state index contributed by atoms with van der Waals surface area (Å²) in [5.41, 5.74) is 1.53. The maximum absolute atomic E-state index is 10.8. The lowest BCUT2D eigenvalue weighted by Crippen LogP contribution is -2.30. The van der Waals surface area contributed by atoms with Gasteiger partial charge in [0.1, 0.15) is 0 Å². The molecule has 2 N–H and O–H groups in total. The number of halogens is 1. The fraction of sp³-hybridized carbons (Fsp3) is 0.462. The van der Waals surface area contributed by atoms with Crippen molar-refractivity contribution in [2.45, 2.75) is 19.3 Å². The largest absolute Gasteiger partial charge is 0.478 e. The van der Waals surface area contributed by atoms with Crippen LogP contribution in [0.1, 0.15) is 28.8 Å². The molecule has 1 aromatic carbocycles. The van der Waals surface area contributed by atoms with E-state index in [0.717, 1.165) is 24.0 Å². The zero-order valence-electron chi connectivity index (χ0n) is 9.58. The summed E-state index contributed by atoms with van der Waals surface area (Å²) >= 11 is 3.46. The van der Waals surface area contributed by atoms with Crippen molar-refractivity contribution in [2.75, 3.05) is 13.1 Å². The molecule has 0 bridgehead atoms. The Hall–Kier alpha value is -0.870. The second-order valence-corrected chi connectivity index (χ2v) is 5.38. The van der Waals surface area contributed by atoms with Gasteiger partial charge in [-0.15, -0.1) is 0 Å². The van der Waals surface area contributed by atoms with Gasteiger partial charge in [-0.25, -0.2) is 4.79 Å². The number of aromatic carboxylic acids is 1. The molecule has 1 unspecified atom stereocenters. The van der Waals surface area contributed by atoms with Crippen molar-refractivity contribution < 1.29 is 9.90 Å². The van der Waals surface area contributed by atoms with E-state index in [1.54, 1.807) is 12.1 Å². The van der Waals surface area contributed by atoms with Gasteiger partial charge in [-0.1, -0.05) is 22.0 Å². The van der Waals surface area contributed by atoms with Crippen molar-refractivity contribution in [3.8, 4) is 0 Å². The molecule has 17 heavy (non-hydrogen) atoms. The summed E-state index contributed by atoms with van der Waals surface area (Å²) in [4.78, 5) is 10.8. The molecule has 0 aromatic heterocycles. The molecule has 0 saturated carbocycles. The lowest BCUT2D eigenvalue weighted by atomic mass is 9.92. The molecular weight excluding hydrogens is 282 g/mol. The number of carboxylic acids is 1. The molecule has 4 heteroatoms. The zero-order valence-corrected chi connectivity index (χ0v) is 11.2. The highest BCUT2D eigenvalue weighted by atomic mass is 79.9. The third-order valence-corrected chi connectivity index (χ3v) is 3.95. The van der Waals surface area contributed by atoms with Crippen molar-refractivity contribution in [3.63, 3.8) is 0 Å². The number of hydrogen-bond acceptors (Lipinski definition) is 2. The van der Waals surface area contributed by atoms with Crippen LogP contribution in [-0.2, 0) is 6.42 Å². The first-order valence-electron chi connectivity index (χ1n) is 5.89. The van der Waals surface area contributed by atoms with Crippen molar-refractivity contribution in [1.29, 1.82) is 0 Å². The van der Waals surface area contributed by atoms with Crippen LogP contribution in [0.4, 0.5) is 0 Å². The predicted molar refractivity (Wildman–Crippen MR) is 70.4 cm³/mol. The first kappa shape index (κ1) is 12.6. The highest BCUT2D eigenvalue weighted by Crippen LogP contribution is 2.24. The Kier molecular flexibility index (Phi) is 4.18. The highest BCUT2D eigenvalue weighted by molar-refractivity contribution is 9.10. The molecule has 0 aliphatic carbocycles. The van der Waals surface area contributed by atoms with Crippen LogP contribution < -0.4 is 5.32 Å². The Morgan fingerprint density at radius 2 is 2.35 bits per heavy atom. The van der Waals surface area contributed by atoms with Gasteiger partial charge in [-0.3, -0.25) is 0 Å². The first-order chi connectivity index (χ1) is 8.16. The molecule has 1 fully saturated rings. The van der Waals surface area contributed by atoms with Gasteiger partial charge in [0.2, 0.25) is 0 Å². The molecule has 1 atom stereocenters. The molecule has 3 nitrogen and oxygen atoms in total. The van der Waals surface area contributed by atoms with Crippen LogP contribution >= 0.6 is 15.9 Å². The summed E-state index contributed by atoms with van der Waals surface area (Å²) in [5.74, 6) is -0.215. The van der Waals surface area contributed by atoms with Crippen molar-refractivity contribution in [1.82, 2.24) is 5.32 Å². The number of rotatable bonds is 3. The van der Waals surface area contributed by atoms with E-state index in [2.05, 4.69) is 21.2 Å². The van der Waals surface area contributed by atoms with Gasteiger partial charge in [-0.2, -0.15) is 0 Å². The van der Waals surface area contributed by atoms with Crippen LogP contribution in [0.5, 0.6) is 0 Å². The maximum Gasteiger partial charge on any atom is 0.335 e. The van der Waals surface area contributed by atoms with Gasteiger partial charge in [0.25, 0.3) is 0 Å². The van der Waals surface area contributed by atoms with Crippen LogP contribution in [-0.4, -0.2) is 24.2 Å². The average molecular weight is 298 g/mol. The van der Waals surface area contributed by atoms with Crippen LogP contribution in [0.2, 0.25) is 0 Å². The summed E-state index contributed by atoms with van der Waals surface area (Å²) in [6.45, 7) is 2.18. The van der Waals surface area contributed by atoms with E-state index < -0.39 is 5.97 Å². The standard InChI is InChI=1S/C13H16BrNO2/c14-12-7-11(13(16)17)4-3-10(12)6-9-2-1-5-15-8-9/h3-4,7,9,15H,1-2,5-6,8H2,(H,16,17). The number of benzene rings is 1. The quantitative estimate of drug-likeness (QED) is 0.902. The van der Waals surface area contributed by atoms with Crippen LogP contribution in [0.25, 0.3) is 0 Å². The smallest absolute Gasteiger partial charge is 0.335 e. The minimum atomic E-state index is -0.878. The van der Waals surface area contributed by atoms with E-state index in [1.807, 2.05) is 6.07 Å². The number of piperidine rings is 1. The van der Waals surface area contributed by atoms with Gasteiger partial charge < -0.3 is 10.4 Å². The van der Waals surface area contributed by atoms with E-state index >= 15 is 0 Å². The molecule has 92 valence electrons. The van der Waals surface area contributed by atoms with E-state index in [1.165, 1.54) is 18.4 Å². The fourth-order valence-electron chi connectivity index (χ4n) is 2.26. The third-order valence-electron chi connectivity index (χ3n) is 3.21. The molecule has 0 radical (unpaired) electrons. The van der Waals surface area contributed by atoms with E-state index in [0.29, 0.717) is 11.5 Å². The summed E-state index contributed by atoms with van der Waals surface area (Å²) in [7, 11) is 0. The number of carboxylic acid groups (broad SMARTS) is 1. The lowest BCUT2D eigenvalue weighted by Gasteiger charge is -2.23. The minimum absolute atomic E-state index is 0.336. The summed E-state index contributed by atoms with van der Waals surface area (Å²) in [6.07, 6.45) is 3.49. The molecule has 1 aliphatic heterocycles. The van der Waals surface area contributed by atoms with Crippen molar-refractivity contribution in [2.24, 2.45) is 5.92 Å².